The Balaban J connectivity index is 0.000000980. The summed E-state index contributed by atoms with van der Waals surface area (Å²) in [4.78, 5) is 25.2. The summed E-state index contributed by atoms with van der Waals surface area (Å²) in [6.45, 7) is 0. The van der Waals surface area contributed by atoms with E-state index < -0.39 is 0 Å². The van der Waals surface area contributed by atoms with Gasteiger partial charge in [0.15, 0.2) is 11.2 Å². The number of nitrogens with zero attached hydrogens (tertiary/aromatic N) is 3. The van der Waals surface area contributed by atoms with Crippen LogP contribution in [0.1, 0.15) is 0 Å². The number of hydrazine groups is 1. The monoisotopic (exact) mass is 224 g/mol. The molecule has 2 heterocycles. The van der Waals surface area contributed by atoms with Crippen LogP contribution in [-0.2, 0) is 0 Å². The van der Waals surface area contributed by atoms with Crippen molar-refractivity contribution in [3.05, 3.63) is 22.7 Å². The van der Waals surface area contributed by atoms with Gasteiger partial charge >= 0.3 is 0 Å². The molecule has 0 spiro atoms. The van der Waals surface area contributed by atoms with Crippen molar-refractivity contribution in [1.82, 2.24) is 19.9 Å². The Morgan fingerprint density at radius 1 is 1.27 bits per heavy atom. The quantitative estimate of drug-likeness (QED) is 0.300. The summed E-state index contributed by atoms with van der Waals surface area (Å²) in [7, 11) is 0. The molecule has 0 aliphatic carbocycles. The number of H-pyrrole nitrogens is 1. The van der Waals surface area contributed by atoms with Gasteiger partial charge in [-0.25, -0.2) is 15.8 Å². The number of anilines is 1. The number of rotatable bonds is 1. The zero-order chi connectivity index (χ0) is 9.26. The molecule has 0 aliphatic rings. The first-order valence-corrected chi connectivity index (χ1v) is 3.49. The van der Waals surface area contributed by atoms with E-state index in [4.69, 9.17) is 5.84 Å². The van der Waals surface area contributed by atoms with Crippen LogP contribution in [-0.4, -0.2) is 79.1 Å². The zero-order valence-corrected chi connectivity index (χ0v) is 12.5. The maximum atomic E-state index is 11.3. The predicted octanol–water partition coefficient (Wildman–Crippen LogP) is -1.76. The van der Waals surface area contributed by atoms with Crippen LogP contribution < -0.4 is 16.8 Å². The largest absolute Gasteiger partial charge is 0.294 e. The maximum Gasteiger partial charge on any atom is 0.280 e. The van der Waals surface area contributed by atoms with Crippen LogP contribution in [0.2, 0.25) is 0 Å². The molecule has 0 aromatic carbocycles. The first-order chi connectivity index (χ1) is 6.31. The van der Waals surface area contributed by atoms with Gasteiger partial charge in [0, 0.05) is 71.5 Å². The van der Waals surface area contributed by atoms with Crippen LogP contribution >= 0.6 is 0 Å². The van der Waals surface area contributed by atoms with Gasteiger partial charge in [-0.2, -0.15) is 4.98 Å². The van der Waals surface area contributed by atoms with Crippen molar-refractivity contribution >= 4 is 76.2 Å². The molecule has 0 bridgehead atoms. The van der Waals surface area contributed by atoms with Crippen molar-refractivity contribution in [2.45, 2.75) is 0 Å². The smallest absolute Gasteiger partial charge is 0.280 e. The Morgan fingerprint density at radius 3 is 2.60 bits per heavy atom. The number of aromatic amines is 1. The molecule has 0 saturated heterocycles. The Morgan fingerprint density at radius 2 is 1.93 bits per heavy atom. The van der Waals surface area contributed by atoms with E-state index >= 15 is 0 Å². The number of fused-ring (bicyclic) bond motifs is 1. The van der Waals surface area contributed by atoms with Crippen LogP contribution in [0, 0.1) is 0 Å². The predicted molar refractivity (Wildman–Crippen MR) is 57.3 cm³/mol. The number of hydrogen-bond acceptors (Lipinski definition) is 6. The Kier molecular flexibility index (Phi) is 6.53. The van der Waals surface area contributed by atoms with Crippen molar-refractivity contribution in [2.24, 2.45) is 5.84 Å². The van der Waals surface area contributed by atoms with Crippen LogP contribution in [0.5, 0.6) is 0 Å². The van der Waals surface area contributed by atoms with E-state index in [1.165, 1.54) is 12.4 Å². The summed E-state index contributed by atoms with van der Waals surface area (Å²) in [6.07, 6.45) is 2.88. The van der Waals surface area contributed by atoms with Gasteiger partial charge in [0.25, 0.3) is 5.56 Å². The Labute approximate surface area is 129 Å². The van der Waals surface area contributed by atoms with E-state index in [0.29, 0.717) is 0 Å². The van der Waals surface area contributed by atoms with Gasteiger partial charge in [-0.3, -0.25) is 15.2 Å². The normalized spacial score (nSPS) is 8.87. The van der Waals surface area contributed by atoms with E-state index in [2.05, 4.69) is 25.4 Å². The van der Waals surface area contributed by atoms with Crippen molar-refractivity contribution in [3.63, 3.8) is 0 Å². The Bertz CT molecular complexity index is 500. The summed E-state index contributed by atoms with van der Waals surface area (Å²) >= 11 is 0. The SMILES string of the molecule is NNc1nc2nccnc2c(=O)[nH]1.[Na].[Na]. The van der Waals surface area contributed by atoms with Gasteiger partial charge in [-0.1, -0.05) is 0 Å². The average molecular weight is 224 g/mol. The molecule has 0 unspecified atom stereocenters. The fraction of sp³-hybridized carbons (Fsp3) is 0. The third-order valence-electron chi connectivity index (χ3n) is 1.48. The average Bonchev–Trinajstić information content (AvgIpc) is 2.18. The molecule has 68 valence electrons. The summed E-state index contributed by atoms with van der Waals surface area (Å²) in [5, 5.41) is 0. The van der Waals surface area contributed by atoms with Gasteiger partial charge < -0.3 is 0 Å². The molecule has 0 atom stereocenters. The van der Waals surface area contributed by atoms with Crippen molar-refractivity contribution < 1.29 is 0 Å². The fourth-order valence-corrected chi connectivity index (χ4v) is 0.942. The topological polar surface area (TPSA) is 110 Å². The van der Waals surface area contributed by atoms with Gasteiger partial charge in [0.05, 0.1) is 0 Å². The molecule has 0 aliphatic heterocycles. The number of nitrogens with two attached hydrogens (primary N) is 1. The molecule has 7 nitrogen and oxygen atoms in total. The number of nitrogen functional groups attached to an aromatic ring is 1. The van der Waals surface area contributed by atoms with Crippen LogP contribution in [0.15, 0.2) is 17.2 Å². The molecule has 0 amide bonds. The first-order valence-electron chi connectivity index (χ1n) is 3.49. The minimum Gasteiger partial charge on any atom is -0.294 e. The molecule has 9 heteroatoms. The summed E-state index contributed by atoms with van der Waals surface area (Å²) in [6, 6.07) is 0. The molecule has 2 aromatic heterocycles. The second kappa shape index (κ2) is 6.54. The van der Waals surface area contributed by atoms with Gasteiger partial charge in [-0.15, -0.1) is 0 Å². The van der Waals surface area contributed by atoms with E-state index in [-0.39, 0.29) is 81.8 Å². The minimum atomic E-state index is -0.369. The molecule has 4 N–H and O–H groups in total. The molecule has 15 heavy (non-hydrogen) atoms. The van der Waals surface area contributed by atoms with Crippen molar-refractivity contribution in [1.29, 1.82) is 0 Å². The third kappa shape index (κ3) is 3.22. The molecular formula is C6H6N6Na2O. The molecule has 2 aromatic rings. The van der Waals surface area contributed by atoms with Gasteiger partial charge in [-0.05, 0) is 0 Å². The van der Waals surface area contributed by atoms with E-state index in [1.807, 2.05) is 0 Å². The van der Waals surface area contributed by atoms with Crippen molar-refractivity contribution in [3.8, 4) is 0 Å². The van der Waals surface area contributed by atoms with Crippen LogP contribution in [0.3, 0.4) is 0 Å². The van der Waals surface area contributed by atoms with E-state index in [1.54, 1.807) is 0 Å². The number of aromatic nitrogens is 4. The zero-order valence-electron chi connectivity index (χ0n) is 8.48. The molecule has 0 saturated carbocycles. The number of hydrogen-bond donors (Lipinski definition) is 3. The maximum absolute atomic E-state index is 11.3. The molecule has 2 radical (unpaired) electrons. The minimum absolute atomic E-state index is 0. The van der Waals surface area contributed by atoms with E-state index in [0.717, 1.165) is 0 Å². The number of nitrogens with one attached hydrogen (secondary N) is 2. The van der Waals surface area contributed by atoms with Gasteiger partial charge in [0.1, 0.15) is 0 Å². The summed E-state index contributed by atoms with van der Waals surface area (Å²) < 4.78 is 0. The summed E-state index contributed by atoms with van der Waals surface area (Å²) in [5.41, 5.74) is 2.32. The summed E-state index contributed by atoms with van der Waals surface area (Å²) in [5.74, 6) is 5.24. The van der Waals surface area contributed by atoms with Gasteiger partial charge in [0.2, 0.25) is 5.95 Å². The van der Waals surface area contributed by atoms with Crippen LogP contribution in [0.25, 0.3) is 11.2 Å². The standard InChI is InChI=1S/C6H6N6O.2Na/c7-12-6-10-4-3(5(13)11-6)8-1-2-9-4;;/h1-2H,7H2,(H2,9,10,11,12,13);;. The fourth-order valence-electron chi connectivity index (χ4n) is 0.942. The van der Waals surface area contributed by atoms with Crippen molar-refractivity contribution in [2.75, 3.05) is 5.43 Å². The molecule has 0 fully saturated rings. The van der Waals surface area contributed by atoms with E-state index in [9.17, 15) is 4.79 Å². The molecule has 2 rings (SSSR count). The third-order valence-corrected chi connectivity index (χ3v) is 1.48. The first kappa shape index (κ1) is 15.0. The second-order valence-corrected chi connectivity index (χ2v) is 2.29. The van der Waals surface area contributed by atoms with Crippen LogP contribution in [0.4, 0.5) is 5.95 Å². The molecular weight excluding hydrogens is 218 g/mol. The Hall–Kier alpha value is -0.0200. The second-order valence-electron chi connectivity index (χ2n) is 2.29.